The van der Waals surface area contributed by atoms with E-state index in [0.29, 0.717) is 25.8 Å². The number of aryl methyl sites for hydroxylation is 1. The van der Waals surface area contributed by atoms with Gasteiger partial charge in [0.1, 0.15) is 24.9 Å². The maximum absolute atomic E-state index is 16.9. The quantitative estimate of drug-likeness (QED) is 0.278. The molecule has 320 valence electrons. The van der Waals surface area contributed by atoms with E-state index < -0.39 is 77.2 Å². The van der Waals surface area contributed by atoms with Crippen LogP contribution in [0.5, 0.6) is 0 Å². The third-order valence-corrected chi connectivity index (χ3v) is 13.3. The molecular formula is C43H62FN5O9. The number of aliphatic hydroxyl groups excluding tert-OH is 1. The molecule has 4 aliphatic heterocycles. The number of nitrogens with zero attached hydrogens (tertiary/aromatic N) is 5. The van der Waals surface area contributed by atoms with Crippen LogP contribution in [0.25, 0.3) is 10.9 Å². The van der Waals surface area contributed by atoms with Crippen molar-refractivity contribution in [1.29, 1.82) is 0 Å². The first-order valence-electron chi connectivity index (χ1n) is 20.5. The van der Waals surface area contributed by atoms with Crippen molar-refractivity contribution < 1.29 is 47.6 Å². The van der Waals surface area contributed by atoms with E-state index in [1.807, 2.05) is 69.0 Å². The van der Waals surface area contributed by atoms with Gasteiger partial charge in [-0.15, -0.1) is 0 Å². The van der Waals surface area contributed by atoms with Crippen molar-refractivity contribution >= 4 is 34.5 Å². The summed E-state index contributed by atoms with van der Waals surface area (Å²) in [6.45, 7) is 13.8. The zero-order valence-corrected chi connectivity index (χ0v) is 35.8. The molecular weight excluding hydrogens is 749 g/mol. The third-order valence-electron chi connectivity index (χ3n) is 13.3. The van der Waals surface area contributed by atoms with Crippen LogP contribution in [0.3, 0.4) is 0 Å². The lowest BCUT2D eigenvalue weighted by molar-refractivity contribution is -0.295. The highest BCUT2D eigenvalue weighted by Crippen LogP contribution is 2.44. The molecule has 14 nitrogen and oxygen atoms in total. The lowest BCUT2D eigenvalue weighted by Crippen LogP contribution is -2.62. The predicted molar refractivity (Wildman–Crippen MR) is 214 cm³/mol. The van der Waals surface area contributed by atoms with E-state index >= 15 is 4.39 Å². The van der Waals surface area contributed by atoms with Gasteiger partial charge in [0.25, 0.3) is 5.67 Å². The van der Waals surface area contributed by atoms with E-state index in [1.54, 1.807) is 32.0 Å². The molecule has 5 heterocycles. The van der Waals surface area contributed by atoms with Crippen molar-refractivity contribution in [1.82, 2.24) is 19.9 Å². The number of ether oxygens (including phenoxy) is 5. The predicted octanol–water partition coefficient (Wildman–Crippen LogP) is 5.13. The van der Waals surface area contributed by atoms with Gasteiger partial charge in [0, 0.05) is 48.8 Å². The number of hydrogen-bond acceptors (Lipinski definition) is 13. The summed E-state index contributed by atoms with van der Waals surface area (Å²) in [4.78, 5) is 53.8. The number of hydrogen-bond donors (Lipinski definition) is 1. The van der Waals surface area contributed by atoms with Crippen molar-refractivity contribution in [2.45, 2.75) is 141 Å². The van der Waals surface area contributed by atoms with Gasteiger partial charge < -0.3 is 33.7 Å². The summed E-state index contributed by atoms with van der Waals surface area (Å²) in [5.41, 5.74) is -3.09. The summed E-state index contributed by atoms with van der Waals surface area (Å²) in [5, 5.41) is 16.0. The highest BCUT2D eigenvalue weighted by atomic mass is 19.1. The second kappa shape index (κ2) is 16.8. The van der Waals surface area contributed by atoms with E-state index in [9.17, 15) is 19.5 Å². The molecule has 1 N–H and O–H groups in total. The van der Waals surface area contributed by atoms with Crippen molar-refractivity contribution in [2.75, 3.05) is 34.4 Å². The van der Waals surface area contributed by atoms with Crippen LogP contribution in [0.1, 0.15) is 80.2 Å². The molecule has 1 unspecified atom stereocenters. The van der Waals surface area contributed by atoms with E-state index in [0.717, 1.165) is 29.1 Å². The summed E-state index contributed by atoms with van der Waals surface area (Å²) >= 11 is 0. The molecule has 4 aliphatic rings. The Kier molecular flexibility index (Phi) is 12.7. The Balaban J connectivity index is 1.39. The van der Waals surface area contributed by atoms with Gasteiger partial charge in [-0.2, -0.15) is 5.01 Å². The van der Waals surface area contributed by atoms with E-state index in [2.05, 4.69) is 11.1 Å². The molecule has 1 aromatic heterocycles. The zero-order valence-electron chi connectivity index (χ0n) is 35.8. The SMILES string of the molecule is CO[C@@]1(C)C[C@@H](C)C2=NCN(CCCc3cccc4ncccc34)N3C(=O)O[C@](C)([C@H](C)OC(=O)C(C)(F)C(=O)[C@H](C)[C@H]1O[C@@H]1O[C@H](C)C[C@H](N(C)C)[C@H]1O)[C@H]3[C@@H]2C. The maximum Gasteiger partial charge on any atom is 0.425 e. The van der Waals surface area contributed by atoms with Crippen LogP contribution in [-0.2, 0) is 39.7 Å². The highest BCUT2D eigenvalue weighted by Gasteiger charge is 2.62. The number of rotatable bonds is 8. The zero-order chi connectivity index (χ0) is 42.5. The van der Waals surface area contributed by atoms with Crippen LogP contribution in [0.15, 0.2) is 41.5 Å². The molecule has 0 aliphatic carbocycles. The Bertz CT molecular complexity index is 1870. The van der Waals surface area contributed by atoms with Gasteiger partial charge in [0.15, 0.2) is 17.7 Å². The number of likely N-dealkylation sites (N-methyl/N-ethyl adjacent to an activating group) is 1. The summed E-state index contributed by atoms with van der Waals surface area (Å²) < 4.78 is 47.8. The van der Waals surface area contributed by atoms with Gasteiger partial charge in [-0.25, -0.2) is 19.0 Å². The van der Waals surface area contributed by atoms with Crippen LogP contribution in [-0.4, -0.2) is 143 Å². The number of methoxy groups -OCH3 is 1. The van der Waals surface area contributed by atoms with Gasteiger partial charge in [-0.05, 0) is 98.0 Å². The third kappa shape index (κ3) is 8.02. The fraction of sp³-hybridized carbons (Fsp3) is 0.698. The molecule has 0 spiro atoms. The standard InChI is InChI=1S/C43H62FN5O9/c1-24-22-41(6,54-11)37(57-38-34(50)32(47(9)10)21-25(2)55-38)27(4)36(51)42(7,44)39(52)56-28(5)43(8)35-26(3)33(24)46-23-48(49(35)40(53)58-43)20-14-16-29-15-12-18-31-30(29)17-13-19-45-31/h12-13,15,17-19,24-28,32,34-35,37-38,50H,14,16,20-23H2,1-11H3/t24-,25-,26-,27+,28+,32+,34-,35-,37-,38+,41+,42?,43-/m1/s1. The fourth-order valence-electron chi connectivity index (χ4n) is 9.80. The summed E-state index contributed by atoms with van der Waals surface area (Å²) in [6.07, 6.45) is -1.69. The molecule has 2 bridgehead atoms. The molecule has 1 amide bonds. The van der Waals surface area contributed by atoms with Gasteiger partial charge in [-0.1, -0.05) is 39.0 Å². The number of aromatic nitrogens is 1. The monoisotopic (exact) mass is 811 g/mol. The van der Waals surface area contributed by atoms with Gasteiger partial charge >= 0.3 is 12.1 Å². The Hall–Kier alpha value is -3.60. The van der Waals surface area contributed by atoms with Crippen molar-refractivity contribution in [3.8, 4) is 0 Å². The number of halogens is 1. The Morgan fingerprint density at radius 3 is 2.45 bits per heavy atom. The molecule has 3 saturated heterocycles. The molecule has 0 saturated carbocycles. The number of amides is 1. The summed E-state index contributed by atoms with van der Waals surface area (Å²) in [6, 6.07) is 8.96. The Morgan fingerprint density at radius 1 is 1.03 bits per heavy atom. The van der Waals surface area contributed by atoms with Crippen LogP contribution >= 0.6 is 0 Å². The number of ketones is 1. The number of hydrazine groups is 1. The molecule has 13 atom stereocenters. The number of esters is 1. The molecule has 15 heteroatoms. The minimum absolute atomic E-state index is 0.143. The van der Waals surface area contributed by atoms with E-state index in [4.69, 9.17) is 28.7 Å². The van der Waals surface area contributed by atoms with Crippen LogP contribution < -0.4 is 0 Å². The highest BCUT2D eigenvalue weighted by molar-refractivity contribution is 6.08. The number of fused-ring (bicyclic) bond motifs is 2. The first-order chi connectivity index (χ1) is 27.2. The largest absolute Gasteiger partial charge is 0.456 e. The van der Waals surface area contributed by atoms with E-state index in [-0.39, 0.29) is 31.2 Å². The van der Waals surface area contributed by atoms with Gasteiger partial charge in [-0.3, -0.25) is 14.8 Å². The maximum atomic E-state index is 16.9. The number of aliphatic imine (C=N–C) groups is 1. The summed E-state index contributed by atoms with van der Waals surface area (Å²) in [5.74, 6) is -4.56. The number of carbonyl (C=O) groups excluding carboxylic acids is 3. The minimum atomic E-state index is -3.13. The van der Waals surface area contributed by atoms with Crippen LogP contribution in [0.2, 0.25) is 0 Å². The molecule has 6 rings (SSSR count). The number of pyridine rings is 1. The minimum Gasteiger partial charge on any atom is -0.456 e. The Morgan fingerprint density at radius 2 is 1.76 bits per heavy atom. The van der Waals surface area contributed by atoms with Crippen LogP contribution in [0, 0.1) is 17.8 Å². The number of Topliss-reactive ketones (excluding diaryl/α,β-unsaturated/α-hetero) is 1. The first kappa shape index (κ1) is 44.0. The lowest BCUT2D eigenvalue weighted by Gasteiger charge is -2.47. The van der Waals surface area contributed by atoms with Crippen LogP contribution in [0.4, 0.5) is 9.18 Å². The molecule has 1 aromatic carbocycles. The van der Waals surface area contributed by atoms with Crippen molar-refractivity contribution in [3.05, 3.63) is 42.1 Å². The molecule has 58 heavy (non-hydrogen) atoms. The fourth-order valence-corrected chi connectivity index (χ4v) is 9.80. The summed E-state index contributed by atoms with van der Waals surface area (Å²) in [7, 11) is 5.20. The molecule has 3 fully saturated rings. The Labute approximate surface area is 341 Å². The van der Waals surface area contributed by atoms with E-state index in [1.165, 1.54) is 14.0 Å². The van der Waals surface area contributed by atoms with Gasteiger partial charge in [0.05, 0.1) is 23.3 Å². The lowest BCUT2D eigenvalue weighted by atomic mass is 9.73. The second-order valence-electron chi connectivity index (χ2n) is 17.6. The number of aliphatic hydroxyl groups is 1. The number of carbonyl (C=O) groups is 3. The number of benzene rings is 1. The average Bonchev–Trinajstić information content (AvgIpc) is 3.36. The molecule has 0 radical (unpaired) electrons. The number of alkyl halides is 1. The average molecular weight is 812 g/mol. The van der Waals surface area contributed by atoms with Gasteiger partial charge in [0.2, 0.25) is 0 Å². The van der Waals surface area contributed by atoms with Crippen molar-refractivity contribution in [2.24, 2.45) is 22.7 Å². The molecule has 2 aromatic rings. The van der Waals surface area contributed by atoms with Crippen molar-refractivity contribution in [3.63, 3.8) is 0 Å². The normalized spacial score (nSPS) is 39.2. The second-order valence-corrected chi connectivity index (χ2v) is 17.6. The number of cyclic esters (lactones) is 1. The smallest absolute Gasteiger partial charge is 0.425 e. The topological polar surface area (TPSA) is 153 Å². The first-order valence-corrected chi connectivity index (χ1v) is 20.5.